The highest BCUT2D eigenvalue weighted by Gasteiger charge is 2.31. The average molecular weight is 470 g/mol. The molecule has 2 aromatic carbocycles. The van der Waals surface area contributed by atoms with E-state index in [1.165, 1.54) is 24.3 Å². The summed E-state index contributed by atoms with van der Waals surface area (Å²) in [5.41, 5.74) is 0.726. The molecule has 7 nitrogen and oxygen atoms in total. The molecule has 0 bridgehead atoms. The fraction of sp³-hybridized carbons (Fsp3) is 0.300. The lowest BCUT2D eigenvalue weighted by molar-refractivity contribution is -0.274. The Morgan fingerprint density at radius 3 is 2.44 bits per heavy atom. The number of hydrogen-bond donors (Lipinski definition) is 0. The summed E-state index contributed by atoms with van der Waals surface area (Å²) in [5.74, 6) is -0.274. The van der Waals surface area contributed by atoms with Gasteiger partial charge in [-0.05, 0) is 42.0 Å². The van der Waals surface area contributed by atoms with E-state index in [1.807, 2.05) is 4.90 Å². The highest BCUT2D eigenvalue weighted by molar-refractivity contribution is 7.82. The summed E-state index contributed by atoms with van der Waals surface area (Å²) in [6.45, 7) is 1.80. The maximum Gasteiger partial charge on any atom is 0.573 e. The minimum absolute atomic E-state index is 0.329. The van der Waals surface area contributed by atoms with Gasteiger partial charge in [0.15, 0.2) is 5.82 Å². The first-order valence-corrected chi connectivity index (χ1v) is 10.7. The molecule has 0 amide bonds. The predicted octanol–water partition coefficient (Wildman–Crippen LogP) is 3.54. The second kappa shape index (κ2) is 9.25. The molecule has 0 N–H and O–H groups in total. The van der Waals surface area contributed by atoms with Gasteiger partial charge < -0.3 is 14.2 Å². The number of alkyl halides is 3. The summed E-state index contributed by atoms with van der Waals surface area (Å²) in [4.78, 5) is 6.59. The Labute approximate surface area is 183 Å². The van der Waals surface area contributed by atoms with Crippen molar-refractivity contribution in [3.8, 4) is 5.75 Å². The normalized spacial score (nSPS) is 16.2. The van der Waals surface area contributed by atoms with Crippen LogP contribution in [0.3, 0.4) is 0 Å². The summed E-state index contributed by atoms with van der Waals surface area (Å²) < 4.78 is 73.7. The lowest BCUT2D eigenvalue weighted by atomic mass is 10.1. The fourth-order valence-electron chi connectivity index (χ4n) is 3.23. The number of aromatic nitrogens is 2. The molecule has 4 rings (SSSR count). The lowest BCUT2D eigenvalue weighted by Crippen LogP contribution is -2.47. The van der Waals surface area contributed by atoms with Crippen molar-refractivity contribution in [1.29, 1.82) is 0 Å². The van der Waals surface area contributed by atoms with E-state index in [9.17, 15) is 21.8 Å². The van der Waals surface area contributed by atoms with E-state index in [0.29, 0.717) is 49.3 Å². The molecular weight excluding hydrogens is 452 g/mol. The van der Waals surface area contributed by atoms with Crippen molar-refractivity contribution in [2.75, 3.05) is 31.1 Å². The van der Waals surface area contributed by atoms with Crippen LogP contribution in [0.5, 0.6) is 5.75 Å². The monoisotopic (exact) mass is 470 g/mol. The first-order valence-electron chi connectivity index (χ1n) is 9.61. The standard InChI is InChI=1S/C20H18F4N4O3S/c21-15-3-1-2-14(12-15)13-18-25-19(31-26-18)27-8-10-28(11-9-27)32(29)17-6-4-16(5-7-17)30-20(22,23)24/h1-7,12H,8-11,13H2. The van der Waals surface area contributed by atoms with E-state index in [1.54, 1.807) is 16.4 Å². The van der Waals surface area contributed by atoms with Crippen molar-refractivity contribution in [3.63, 3.8) is 0 Å². The number of halogens is 4. The van der Waals surface area contributed by atoms with Crippen molar-refractivity contribution >= 4 is 17.0 Å². The zero-order valence-corrected chi connectivity index (χ0v) is 17.4. The molecule has 0 spiro atoms. The van der Waals surface area contributed by atoms with Crippen molar-refractivity contribution in [1.82, 2.24) is 14.4 Å². The van der Waals surface area contributed by atoms with E-state index < -0.39 is 17.3 Å². The maximum atomic E-state index is 13.3. The molecular formula is C20H18F4N4O3S. The molecule has 1 aliphatic rings. The Hall–Kier alpha value is -2.99. The van der Waals surface area contributed by atoms with Gasteiger partial charge in [0, 0.05) is 32.6 Å². The molecule has 1 atom stereocenters. The van der Waals surface area contributed by atoms with Crippen LogP contribution in [-0.2, 0) is 17.4 Å². The van der Waals surface area contributed by atoms with Crippen LogP contribution in [-0.4, -0.2) is 51.2 Å². The number of ether oxygens (including phenoxy) is 1. The van der Waals surface area contributed by atoms with Gasteiger partial charge in [0.25, 0.3) is 0 Å². The van der Waals surface area contributed by atoms with Crippen molar-refractivity contribution < 1.29 is 31.0 Å². The van der Waals surface area contributed by atoms with Crippen molar-refractivity contribution in [3.05, 3.63) is 65.7 Å². The average Bonchev–Trinajstić information content (AvgIpc) is 3.21. The van der Waals surface area contributed by atoms with Gasteiger partial charge in [0.2, 0.25) is 0 Å². The minimum Gasteiger partial charge on any atom is -0.406 e. The predicted molar refractivity (Wildman–Crippen MR) is 107 cm³/mol. The molecule has 0 radical (unpaired) electrons. The second-order valence-electron chi connectivity index (χ2n) is 6.98. The summed E-state index contributed by atoms with van der Waals surface area (Å²) in [5, 5.41) is 3.94. The Bertz CT molecular complexity index is 1080. The number of benzene rings is 2. The lowest BCUT2D eigenvalue weighted by Gasteiger charge is -2.32. The van der Waals surface area contributed by atoms with Crippen LogP contribution in [0.25, 0.3) is 0 Å². The molecule has 1 aliphatic heterocycles. The largest absolute Gasteiger partial charge is 0.573 e. The number of hydrogen-bond acceptors (Lipinski definition) is 6. The smallest absolute Gasteiger partial charge is 0.406 e. The number of piperazine rings is 1. The molecule has 3 aromatic rings. The Morgan fingerprint density at radius 1 is 1.06 bits per heavy atom. The number of anilines is 1. The van der Waals surface area contributed by atoms with Gasteiger partial charge in [-0.1, -0.05) is 17.3 Å². The van der Waals surface area contributed by atoms with Crippen LogP contribution in [0.4, 0.5) is 23.6 Å². The second-order valence-corrected chi connectivity index (χ2v) is 8.47. The molecule has 1 unspecified atom stereocenters. The van der Waals surface area contributed by atoms with E-state index in [0.717, 1.165) is 17.7 Å². The zero-order chi connectivity index (χ0) is 22.7. The highest BCUT2D eigenvalue weighted by atomic mass is 32.2. The van der Waals surface area contributed by atoms with Crippen LogP contribution in [0.15, 0.2) is 57.9 Å². The Morgan fingerprint density at radius 2 is 1.78 bits per heavy atom. The van der Waals surface area contributed by atoms with Gasteiger partial charge in [-0.15, -0.1) is 13.2 Å². The summed E-state index contributed by atoms with van der Waals surface area (Å²) in [6.07, 6.45) is -4.44. The highest BCUT2D eigenvalue weighted by Crippen LogP contribution is 2.25. The third kappa shape index (κ3) is 5.62. The summed E-state index contributed by atoms with van der Waals surface area (Å²) in [6, 6.07) is 11.4. The van der Waals surface area contributed by atoms with Crippen molar-refractivity contribution in [2.45, 2.75) is 17.7 Å². The van der Waals surface area contributed by atoms with Gasteiger partial charge in [0.05, 0.1) is 4.90 Å². The molecule has 12 heteroatoms. The Kier molecular flexibility index (Phi) is 6.42. The number of nitrogens with zero attached hydrogens (tertiary/aromatic N) is 4. The van der Waals surface area contributed by atoms with Crippen LogP contribution in [0.1, 0.15) is 11.4 Å². The van der Waals surface area contributed by atoms with Crippen LogP contribution < -0.4 is 9.64 Å². The van der Waals surface area contributed by atoms with E-state index in [-0.39, 0.29) is 11.6 Å². The molecule has 0 saturated carbocycles. The SMILES string of the molecule is O=S(c1ccc(OC(F)(F)F)cc1)N1CCN(c2nc(Cc3cccc(F)c3)no2)CC1. The van der Waals surface area contributed by atoms with E-state index in [4.69, 9.17) is 4.52 Å². The van der Waals surface area contributed by atoms with Gasteiger partial charge in [-0.3, -0.25) is 0 Å². The zero-order valence-electron chi connectivity index (χ0n) is 16.6. The first-order chi connectivity index (χ1) is 15.3. The van der Waals surface area contributed by atoms with Gasteiger partial charge in [-0.25, -0.2) is 12.9 Å². The maximum absolute atomic E-state index is 13.3. The quantitative estimate of drug-likeness (QED) is 0.514. The van der Waals surface area contributed by atoms with Crippen LogP contribution in [0.2, 0.25) is 0 Å². The summed E-state index contributed by atoms with van der Waals surface area (Å²) >= 11 is 0. The fourth-order valence-corrected chi connectivity index (χ4v) is 4.39. The summed E-state index contributed by atoms with van der Waals surface area (Å²) in [7, 11) is -1.53. The van der Waals surface area contributed by atoms with Gasteiger partial charge >= 0.3 is 12.4 Å². The Balaban J connectivity index is 1.32. The van der Waals surface area contributed by atoms with Crippen LogP contribution >= 0.6 is 0 Å². The molecule has 170 valence electrons. The van der Waals surface area contributed by atoms with E-state index >= 15 is 0 Å². The van der Waals surface area contributed by atoms with Crippen LogP contribution in [0, 0.1) is 5.82 Å². The third-order valence-electron chi connectivity index (χ3n) is 4.71. The minimum atomic E-state index is -4.77. The number of rotatable bonds is 6. The van der Waals surface area contributed by atoms with Gasteiger partial charge in [-0.2, -0.15) is 4.98 Å². The third-order valence-corrected chi connectivity index (χ3v) is 6.22. The topological polar surface area (TPSA) is 71.7 Å². The molecule has 1 fully saturated rings. The molecule has 2 heterocycles. The first kappa shape index (κ1) is 22.2. The molecule has 1 saturated heterocycles. The van der Waals surface area contributed by atoms with Gasteiger partial charge in [0.1, 0.15) is 22.6 Å². The van der Waals surface area contributed by atoms with Crippen molar-refractivity contribution in [2.24, 2.45) is 0 Å². The molecule has 1 aromatic heterocycles. The molecule has 32 heavy (non-hydrogen) atoms. The molecule has 0 aliphatic carbocycles. The van der Waals surface area contributed by atoms with E-state index in [2.05, 4.69) is 14.9 Å².